The molecule has 1 fully saturated rings. The lowest BCUT2D eigenvalue weighted by Gasteiger charge is -2.31. The maximum absolute atomic E-state index is 12.8. The molecule has 0 aliphatic carbocycles. The number of nitrogens with one attached hydrogen (secondary N) is 1. The lowest BCUT2D eigenvalue weighted by molar-refractivity contribution is 0.145. The van der Waals surface area contributed by atoms with Crippen LogP contribution in [0.5, 0.6) is 0 Å². The molecule has 1 aliphatic heterocycles. The van der Waals surface area contributed by atoms with Crippen LogP contribution in [0.1, 0.15) is 12.8 Å². The van der Waals surface area contributed by atoms with Crippen LogP contribution in [-0.2, 0) is 10.0 Å². The second-order valence-electron chi connectivity index (χ2n) is 6.52. The van der Waals surface area contributed by atoms with E-state index < -0.39 is 10.0 Å². The molecule has 27 heavy (non-hydrogen) atoms. The van der Waals surface area contributed by atoms with Gasteiger partial charge < -0.3 is 10.0 Å². The summed E-state index contributed by atoms with van der Waals surface area (Å²) < 4.78 is 28.2. The van der Waals surface area contributed by atoms with Gasteiger partial charge in [0.2, 0.25) is 0 Å². The van der Waals surface area contributed by atoms with Gasteiger partial charge in [-0.1, -0.05) is 30.3 Å². The Bertz CT molecular complexity index is 1050. The molecule has 4 rings (SSSR count). The van der Waals surface area contributed by atoms with Crippen molar-refractivity contribution < 1.29 is 13.5 Å². The summed E-state index contributed by atoms with van der Waals surface area (Å²) in [6.07, 6.45) is 0.887. The number of aromatic nitrogens is 2. The number of hydrogen-bond acceptors (Lipinski definition) is 6. The second-order valence-corrected chi connectivity index (χ2v) is 8.20. The van der Waals surface area contributed by atoms with Crippen LogP contribution in [0, 0.1) is 0 Å². The standard InChI is InChI=1S/C19H20N4O3S/c24-14-10-12-23(13-11-14)19-18(20-16-8-4-5-9-17(16)21-19)22-27(25,26)15-6-2-1-3-7-15/h1-9,14,24H,10-13H2,(H,20,22). The van der Waals surface area contributed by atoms with Gasteiger partial charge in [0, 0.05) is 13.1 Å². The molecule has 0 saturated carbocycles. The molecule has 0 atom stereocenters. The average Bonchev–Trinajstić information content (AvgIpc) is 2.69. The Hall–Kier alpha value is -2.71. The van der Waals surface area contributed by atoms with E-state index in [4.69, 9.17) is 0 Å². The van der Waals surface area contributed by atoms with Crippen LogP contribution in [0.15, 0.2) is 59.5 Å². The predicted molar refractivity (Wildman–Crippen MR) is 104 cm³/mol. The summed E-state index contributed by atoms with van der Waals surface area (Å²) in [6, 6.07) is 15.5. The molecule has 2 aromatic carbocycles. The van der Waals surface area contributed by atoms with Crippen molar-refractivity contribution in [2.24, 2.45) is 0 Å². The normalized spacial score (nSPS) is 15.8. The molecule has 0 bridgehead atoms. The number of aliphatic hydroxyl groups excluding tert-OH is 1. The number of piperidine rings is 1. The minimum Gasteiger partial charge on any atom is -0.393 e. The molecule has 1 saturated heterocycles. The van der Waals surface area contributed by atoms with E-state index in [0.29, 0.717) is 42.8 Å². The van der Waals surface area contributed by atoms with Crippen LogP contribution in [-0.4, -0.2) is 42.7 Å². The molecule has 0 amide bonds. The third-order valence-electron chi connectivity index (χ3n) is 4.60. The lowest BCUT2D eigenvalue weighted by Crippen LogP contribution is -2.37. The summed E-state index contributed by atoms with van der Waals surface area (Å²) in [5, 5.41) is 9.78. The number of hydrogen-bond donors (Lipinski definition) is 2. The number of benzene rings is 2. The van der Waals surface area contributed by atoms with E-state index >= 15 is 0 Å². The Morgan fingerprint density at radius 2 is 1.52 bits per heavy atom. The quantitative estimate of drug-likeness (QED) is 0.717. The zero-order chi connectivity index (χ0) is 18.9. The molecule has 1 aromatic heterocycles. The van der Waals surface area contributed by atoms with Gasteiger partial charge in [-0.3, -0.25) is 4.72 Å². The topological polar surface area (TPSA) is 95.4 Å². The fourth-order valence-corrected chi connectivity index (χ4v) is 4.17. The van der Waals surface area contributed by atoms with Gasteiger partial charge in [-0.15, -0.1) is 0 Å². The average molecular weight is 384 g/mol. The van der Waals surface area contributed by atoms with Crippen LogP contribution in [0.3, 0.4) is 0 Å². The van der Waals surface area contributed by atoms with Gasteiger partial charge in [0.25, 0.3) is 10.0 Å². The van der Waals surface area contributed by atoms with Gasteiger partial charge >= 0.3 is 0 Å². The van der Waals surface area contributed by atoms with E-state index in [-0.39, 0.29) is 16.8 Å². The minimum atomic E-state index is -3.78. The monoisotopic (exact) mass is 384 g/mol. The summed E-state index contributed by atoms with van der Waals surface area (Å²) in [6.45, 7) is 1.18. The van der Waals surface area contributed by atoms with Crippen molar-refractivity contribution >= 4 is 32.7 Å². The first-order chi connectivity index (χ1) is 13.0. The Labute approximate surface area is 157 Å². The molecule has 140 valence electrons. The van der Waals surface area contributed by atoms with Crippen molar-refractivity contribution in [3.63, 3.8) is 0 Å². The van der Waals surface area contributed by atoms with Gasteiger partial charge in [-0.25, -0.2) is 18.4 Å². The smallest absolute Gasteiger partial charge is 0.263 e. The number of nitrogens with zero attached hydrogens (tertiary/aromatic N) is 3. The maximum Gasteiger partial charge on any atom is 0.263 e. The maximum atomic E-state index is 12.8. The highest BCUT2D eigenvalue weighted by Gasteiger charge is 2.24. The molecule has 3 aromatic rings. The summed E-state index contributed by atoms with van der Waals surface area (Å²) in [4.78, 5) is 11.3. The molecule has 7 nitrogen and oxygen atoms in total. The Morgan fingerprint density at radius 1 is 0.926 bits per heavy atom. The van der Waals surface area contributed by atoms with E-state index in [1.54, 1.807) is 24.3 Å². The first kappa shape index (κ1) is 17.7. The van der Waals surface area contributed by atoms with Gasteiger partial charge in [0.05, 0.1) is 22.0 Å². The van der Waals surface area contributed by atoms with E-state index in [0.717, 1.165) is 0 Å². The van der Waals surface area contributed by atoms with E-state index in [1.165, 1.54) is 12.1 Å². The van der Waals surface area contributed by atoms with Crippen LogP contribution in [0.2, 0.25) is 0 Å². The van der Waals surface area contributed by atoms with Gasteiger partial charge in [-0.2, -0.15) is 0 Å². The SMILES string of the molecule is O=S(=O)(Nc1nc2ccccc2nc1N1CCC(O)CC1)c1ccccc1. The highest BCUT2D eigenvalue weighted by molar-refractivity contribution is 7.92. The first-order valence-corrected chi connectivity index (χ1v) is 10.3. The van der Waals surface area contributed by atoms with Crippen molar-refractivity contribution in [2.75, 3.05) is 22.7 Å². The van der Waals surface area contributed by atoms with Crippen LogP contribution >= 0.6 is 0 Å². The molecule has 0 radical (unpaired) electrons. The van der Waals surface area contributed by atoms with Crippen LogP contribution < -0.4 is 9.62 Å². The van der Waals surface area contributed by atoms with Gasteiger partial charge in [0.1, 0.15) is 0 Å². The van der Waals surface area contributed by atoms with Crippen molar-refractivity contribution in [2.45, 2.75) is 23.8 Å². The molecular weight excluding hydrogens is 364 g/mol. The number of rotatable bonds is 4. The van der Waals surface area contributed by atoms with Crippen LogP contribution in [0.25, 0.3) is 11.0 Å². The fraction of sp³-hybridized carbons (Fsp3) is 0.263. The second kappa shape index (κ2) is 7.13. The van der Waals surface area contributed by atoms with Crippen molar-refractivity contribution in [1.29, 1.82) is 0 Å². The van der Waals surface area contributed by atoms with Crippen LogP contribution in [0.4, 0.5) is 11.6 Å². The van der Waals surface area contributed by atoms with Crippen molar-refractivity contribution in [3.8, 4) is 0 Å². The van der Waals surface area contributed by atoms with E-state index in [1.807, 2.05) is 23.1 Å². The third-order valence-corrected chi connectivity index (χ3v) is 5.96. The number of anilines is 2. The number of fused-ring (bicyclic) bond motifs is 1. The minimum absolute atomic E-state index is 0.167. The molecule has 2 N–H and O–H groups in total. The van der Waals surface area contributed by atoms with Crippen molar-refractivity contribution in [1.82, 2.24) is 9.97 Å². The highest BCUT2D eigenvalue weighted by atomic mass is 32.2. The van der Waals surface area contributed by atoms with E-state index in [2.05, 4.69) is 14.7 Å². The molecule has 0 spiro atoms. The lowest BCUT2D eigenvalue weighted by atomic mass is 10.1. The molecule has 1 aliphatic rings. The third kappa shape index (κ3) is 3.72. The van der Waals surface area contributed by atoms with Gasteiger partial charge in [-0.05, 0) is 37.1 Å². The molecular formula is C19H20N4O3S. The Kier molecular flexibility index (Phi) is 4.67. The summed E-state index contributed by atoms with van der Waals surface area (Å²) in [7, 11) is -3.78. The van der Waals surface area contributed by atoms with Crippen molar-refractivity contribution in [3.05, 3.63) is 54.6 Å². The molecule has 0 unspecified atom stereocenters. The Morgan fingerprint density at radius 3 is 2.19 bits per heavy atom. The zero-order valence-corrected chi connectivity index (χ0v) is 15.4. The number of aliphatic hydroxyl groups is 1. The fourth-order valence-electron chi connectivity index (χ4n) is 3.14. The summed E-state index contributed by atoms with van der Waals surface area (Å²) in [5.74, 6) is 0.689. The first-order valence-electron chi connectivity index (χ1n) is 8.80. The molecule has 8 heteroatoms. The predicted octanol–water partition coefficient (Wildman–Crippen LogP) is 2.39. The number of sulfonamides is 1. The zero-order valence-electron chi connectivity index (χ0n) is 14.6. The van der Waals surface area contributed by atoms with Gasteiger partial charge in [0.15, 0.2) is 11.6 Å². The Balaban J connectivity index is 1.77. The summed E-state index contributed by atoms with van der Waals surface area (Å²) in [5.41, 5.74) is 1.31. The van der Waals surface area contributed by atoms with E-state index in [9.17, 15) is 13.5 Å². The number of para-hydroxylation sites is 2. The molecule has 2 heterocycles. The summed E-state index contributed by atoms with van der Waals surface area (Å²) >= 11 is 0. The highest BCUT2D eigenvalue weighted by Crippen LogP contribution is 2.29. The largest absolute Gasteiger partial charge is 0.393 e.